The van der Waals surface area contributed by atoms with Crippen molar-refractivity contribution < 1.29 is 9.13 Å². The largest absolute Gasteiger partial charge is 0.395 e. The average Bonchev–Trinajstić information content (AvgIpc) is 2.61. The number of rotatable bonds is 4. The Bertz CT molecular complexity index is 954. The zero-order valence-corrected chi connectivity index (χ0v) is 16.9. The minimum Gasteiger partial charge on any atom is -0.395 e. The van der Waals surface area contributed by atoms with Gasteiger partial charge in [-0.2, -0.15) is 0 Å². The van der Waals surface area contributed by atoms with Crippen LogP contribution in [0.5, 0.6) is 0 Å². The standard InChI is InChI=1S/C21H24FN3O.ClH/c1-21(2,3)20-18(23)19(24-17(25-20)11-12-26-4)15-9-10-16(22)14-8-6-5-7-13(14)15;/h5-10H,11-12,23H2,1-4H3;1H. The van der Waals surface area contributed by atoms with E-state index in [0.717, 1.165) is 16.6 Å². The van der Waals surface area contributed by atoms with Crippen molar-refractivity contribution >= 4 is 28.9 Å². The molecule has 0 unspecified atom stereocenters. The number of hydrogen-bond acceptors (Lipinski definition) is 4. The van der Waals surface area contributed by atoms with Crippen LogP contribution in [0.15, 0.2) is 36.4 Å². The highest BCUT2D eigenvalue weighted by Crippen LogP contribution is 2.36. The second-order valence-corrected chi connectivity index (χ2v) is 7.38. The first-order valence-electron chi connectivity index (χ1n) is 8.66. The van der Waals surface area contributed by atoms with Crippen LogP contribution in [0.4, 0.5) is 10.1 Å². The number of hydrogen-bond donors (Lipinski definition) is 1. The van der Waals surface area contributed by atoms with Gasteiger partial charge in [-0.1, -0.05) is 45.0 Å². The molecule has 2 aromatic carbocycles. The Kier molecular flexibility index (Phi) is 6.39. The van der Waals surface area contributed by atoms with Gasteiger partial charge in [-0.25, -0.2) is 14.4 Å². The Morgan fingerprint density at radius 3 is 2.33 bits per heavy atom. The van der Waals surface area contributed by atoms with Crippen LogP contribution in [0, 0.1) is 5.82 Å². The molecule has 0 aliphatic heterocycles. The molecule has 6 heteroatoms. The third-order valence-electron chi connectivity index (χ3n) is 4.36. The fraction of sp³-hybridized carbons (Fsp3) is 0.333. The number of nitrogen functional groups attached to an aromatic ring is 1. The van der Waals surface area contributed by atoms with Crippen molar-refractivity contribution in [2.45, 2.75) is 32.6 Å². The van der Waals surface area contributed by atoms with E-state index in [1.807, 2.05) is 18.2 Å². The van der Waals surface area contributed by atoms with E-state index < -0.39 is 0 Å². The highest BCUT2D eigenvalue weighted by Gasteiger charge is 2.24. The normalized spacial score (nSPS) is 11.4. The van der Waals surface area contributed by atoms with E-state index in [2.05, 4.69) is 25.8 Å². The molecule has 1 heterocycles. The number of aromatic nitrogens is 2. The van der Waals surface area contributed by atoms with Gasteiger partial charge in [0.15, 0.2) is 0 Å². The number of benzene rings is 2. The SMILES string of the molecule is COCCc1nc(-c2ccc(F)c3ccccc23)c(N)c(C(C)(C)C)n1.Cl. The van der Waals surface area contributed by atoms with E-state index in [9.17, 15) is 4.39 Å². The van der Waals surface area contributed by atoms with Crippen molar-refractivity contribution in [1.82, 2.24) is 9.97 Å². The molecule has 0 bridgehead atoms. The van der Waals surface area contributed by atoms with Crippen molar-refractivity contribution in [2.75, 3.05) is 19.5 Å². The van der Waals surface area contributed by atoms with Gasteiger partial charge in [0.1, 0.15) is 11.6 Å². The maximum absolute atomic E-state index is 14.2. The van der Waals surface area contributed by atoms with Gasteiger partial charge >= 0.3 is 0 Å². The van der Waals surface area contributed by atoms with E-state index in [-0.39, 0.29) is 23.6 Å². The highest BCUT2D eigenvalue weighted by molar-refractivity contribution is 5.98. The smallest absolute Gasteiger partial charge is 0.131 e. The molecular formula is C21H25ClFN3O. The first-order chi connectivity index (χ1) is 12.3. The van der Waals surface area contributed by atoms with Crippen molar-refractivity contribution in [3.8, 4) is 11.3 Å². The van der Waals surface area contributed by atoms with E-state index in [4.69, 9.17) is 15.5 Å². The first-order valence-corrected chi connectivity index (χ1v) is 8.66. The number of halogens is 2. The van der Waals surface area contributed by atoms with E-state index >= 15 is 0 Å². The second kappa shape index (κ2) is 8.19. The molecule has 0 fully saturated rings. The molecule has 0 saturated carbocycles. The Morgan fingerprint density at radius 2 is 1.70 bits per heavy atom. The minimum atomic E-state index is -0.257. The molecule has 27 heavy (non-hydrogen) atoms. The summed E-state index contributed by atoms with van der Waals surface area (Å²) in [5, 5.41) is 1.34. The molecule has 0 saturated heterocycles. The van der Waals surface area contributed by atoms with Gasteiger partial charge in [0.05, 0.1) is 23.7 Å². The molecule has 2 N–H and O–H groups in total. The number of fused-ring (bicyclic) bond motifs is 1. The Hall–Kier alpha value is -2.24. The lowest BCUT2D eigenvalue weighted by molar-refractivity contribution is 0.200. The summed E-state index contributed by atoms with van der Waals surface area (Å²) in [7, 11) is 1.65. The molecule has 3 aromatic rings. The number of nitrogens with zero attached hydrogens (tertiary/aromatic N) is 2. The fourth-order valence-corrected chi connectivity index (χ4v) is 3.07. The molecule has 0 amide bonds. The Balaban J connectivity index is 0.00000261. The summed E-state index contributed by atoms with van der Waals surface area (Å²) in [6.45, 7) is 6.73. The topological polar surface area (TPSA) is 61.0 Å². The Morgan fingerprint density at radius 1 is 1.04 bits per heavy atom. The number of ether oxygens (including phenoxy) is 1. The zero-order chi connectivity index (χ0) is 18.9. The van der Waals surface area contributed by atoms with E-state index in [1.54, 1.807) is 19.2 Å². The lowest BCUT2D eigenvalue weighted by Crippen LogP contribution is -2.20. The first kappa shape index (κ1) is 21.1. The summed E-state index contributed by atoms with van der Waals surface area (Å²) in [5.41, 5.74) is 9.03. The lowest BCUT2D eigenvalue weighted by atomic mass is 9.88. The number of methoxy groups -OCH3 is 1. The summed E-state index contributed by atoms with van der Waals surface area (Å²) in [5.74, 6) is 0.419. The van der Waals surface area contributed by atoms with Crippen molar-refractivity contribution in [1.29, 1.82) is 0 Å². The van der Waals surface area contributed by atoms with Gasteiger partial charge in [-0.3, -0.25) is 0 Å². The van der Waals surface area contributed by atoms with Crippen LogP contribution in [-0.4, -0.2) is 23.7 Å². The predicted octanol–water partition coefficient (Wildman–Crippen LogP) is 4.93. The van der Waals surface area contributed by atoms with Gasteiger partial charge in [-0.05, 0) is 17.5 Å². The molecule has 1 aromatic heterocycles. The van der Waals surface area contributed by atoms with Gasteiger partial charge in [-0.15, -0.1) is 12.4 Å². The van der Waals surface area contributed by atoms with Crippen LogP contribution in [0.2, 0.25) is 0 Å². The van der Waals surface area contributed by atoms with E-state index in [1.165, 1.54) is 6.07 Å². The third kappa shape index (κ3) is 4.20. The van der Waals surface area contributed by atoms with Crippen LogP contribution in [0.3, 0.4) is 0 Å². The van der Waals surface area contributed by atoms with Gasteiger partial charge in [0.25, 0.3) is 0 Å². The molecule has 0 spiro atoms. The molecule has 4 nitrogen and oxygen atoms in total. The van der Waals surface area contributed by atoms with Crippen LogP contribution in [0.1, 0.15) is 32.3 Å². The summed E-state index contributed by atoms with van der Waals surface area (Å²) in [4.78, 5) is 9.37. The van der Waals surface area contributed by atoms with Crippen molar-refractivity contribution in [3.63, 3.8) is 0 Å². The van der Waals surface area contributed by atoms with Gasteiger partial charge in [0.2, 0.25) is 0 Å². The summed E-state index contributed by atoms with van der Waals surface area (Å²) >= 11 is 0. The number of anilines is 1. The maximum atomic E-state index is 14.2. The highest BCUT2D eigenvalue weighted by atomic mass is 35.5. The zero-order valence-electron chi connectivity index (χ0n) is 16.0. The summed E-state index contributed by atoms with van der Waals surface area (Å²) in [6, 6.07) is 10.6. The predicted molar refractivity (Wildman–Crippen MR) is 111 cm³/mol. The average molecular weight is 390 g/mol. The number of nitrogens with two attached hydrogens (primary N) is 1. The molecular weight excluding hydrogens is 365 g/mol. The summed E-state index contributed by atoms with van der Waals surface area (Å²) < 4.78 is 19.4. The van der Waals surface area contributed by atoms with Crippen LogP contribution in [0.25, 0.3) is 22.0 Å². The van der Waals surface area contributed by atoms with E-state index in [0.29, 0.717) is 35.6 Å². The van der Waals surface area contributed by atoms with Gasteiger partial charge in [0, 0.05) is 29.9 Å². The van der Waals surface area contributed by atoms with Crippen LogP contribution in [-0.2, 0) is 16.6 Å². The van der Waals surface area contributed by atoms with Crippen molar-refractivity contribution in [2.24, 2.45) is 0 Å². The monoisotopic (exact) mass is 389 g/mol. The summed E-state index contributed by atoms with van der Waals surface area (Å²) in [6.07, 6.45) is 0.589. The molecule has 0 radical (unpaired) electrons. The van der Waals surface area contributed by atoms with Crippen LogP contribution < -0.4 is 5.73 Å². The minimum absolute atomic E-state index is 0. The molecule has 3 rings (SSSR count). The van der Waals surface area contributed by atoms with Crippen LogP contribution >= 0.6 is 12.4 Å². The molecule has 0 aliphatic carbocycles. The quantitative estimate of drug-likeness (QED) is 0.687. The fourth-order valence-electron chi connectivity index (χ4n) is 3.07. The van der Waals surface area contributed by atoms with Gasteiger partial charge < -0.3 is 10.5 Å². The second-order valence-electron chi connectivity index (χ2n) is 7.38. The molecule has 144 valence electrons. The maximum Gasteiger partial charge on any atom is 0.131 e. The Labute approximate surface area is 165 Å². The molecule has 0 atom stereocenters. The molecule has 0 aliphatic rings. The third-order valence-corrected chi connectivity index (χ3v) is 4.36. The lowest BCUT2D eigenvalue weighted by Gasteiger charge is -2.23. The van der Waals surface area contributed by atoms with Crippen molar-refractivity contribution in [3.05, 3.63) is 53.7 Å².